The van der Waals surface area contributed by atoms with Crippen molar-refractivity contribution >= 4 is 17.3 Å². The molecular weight excluding hydrogens is 336 g/mol. The van der Waals surface area contributed by atoms with E-state index >= 15 is 0 Å². The summed E-state index contributed by atoms with van der Waals surface area (Å²) in [5.74, 6) is 2.57. The molecule has 7 heteroatoms. The third-order valence-electron chi connectivity index (χ3n) is 4.13. The molecule has 2 aromatic carbocycles. The van der Waals surface area contributed by atoms with Gasteiger partial charge in [0.1, 0.15) is 32.5 Å². The maximum atomic E-state index is 12.5. The van der Waals surface area contributed by atoms with Gasteiger partial charge < -0.3 is 29.6 Å². The summed E-state index contributed by atoms with van der Waals surface area (Å²) in [7, 11) is 0. The third-order valence-corrected chi connectivity index (χ3v) is 4.13. The molecule has 26 heavy (non-hydrogen) atoms. The van der Waals surface area contributed by atoms with Crippen molar-refractivity contribution in [3.8, 4) is 23.0 Å². The van der Waals surface area contributed by atoms with Gasteiger partial charge in [-0.15, -0.1) is 0 Å². The van der Waals surface area contributed by atoms with Crippen molar-refractivity contribution in [2.24, 2.45) is 0 Å². The molecule has 4 rings (SSSR count). The molecule has 0 unspecified atom stereocenters. The zero-order valence-electron chi connectivity index (χ0n) is 14.4. The lowest BCUT2D eigenvalue weighted by molar-refractivity contribution is -0.116. The lowest BCUT2D eigenvalue weighted by atomic mass is 10.2. The van der Waals surface area contributed by atoms with Gasteiger partial charge in [0.05, 0.1) is 0 Å². The van der Waals surface area contributed by atoms with Gasteiger partial charge in [0.15, 0.2) is 23.0 Å². The topological polar surface area (TPSA) is 78.1 Å². The van der Waals surface area contributed by atoms with Crippen LogP contribution in [-0.4, -0.2) is 38.4 Å². The van der Waals surface area contributed by atoms with Crippen LogP contribution >= 0.6 is 0 Å². The van der Waals surface area contributed by atoms with Crippen LogP contribution in [0.1, 0.15) is 6.92 Å². The smallest absolute Gasteiger partial charge is 0.246 e. The Morgan fingerprint density at radius 2 is 1.31 bits per heavy atom. The predicted octanol–water partition coefficient (Wildman–Crippen LogP) is 2.67. The van der Waals surface area contributed by atoms with Gasteiger partial charge in [-0.1, -0.05) is 0 Å². The number of anilines is 2. The average Bonchev–Trinajstić information content (AvgIpc) is 2.67. The summed E-state index contributed by atoms with van der Waals surface area (Å²) in [5.41, 5.74) is 1.45. The minimum atomic E-state index is -0.439. The molecule has 0 radical (unpaired) electrons. The Labute approximate surface area is 151 Å². The largest absolute Gasteiger partial charge is 0.486 e. The zero-order valence-corrected chi connectivity index (χ0v) is 14.4. The van der Waals surface area contributed by atoms with E-state index in [0.717, 1.165) is 11.4 Å². The van der Waals surface area contributed by atoms with Crippen molar-refractivity contribution in [2.45, 2.75) is 13.0 Å². The maximum absolute atomic E-state index is 12.5. The Bertz CT molecular complexity index is 824. The molecular formula is C19H20N2O5. The summed E-state index contributed by atoms with van der Waals surface area (Å²) in [5, 5.41) is 6.05. The predicted molar refractivity (Wildman–Crippen MR) is 96.6 cm³/mol. The van der Waals surface area contributed by atoms with Crippen molar-refractivity contribution in [1.82, 2.24) is 0 Å². The van der Waals surface area contributed by atoms with Crippen LogP contribution in [0.5, 0.6) is 23.0 Å². The highest BCUT2D eigenvalue weighted by atomic mass is 16.6. The summed E-state index contributed by atoms with van der Waals surface area (Å²) in [6, 6.07) is 10.5. The summed E-state index contributed by atoms with van der Waals surface area (Å²) in [4.78, 5) is 12.5. The van der Waals surface area contributed by atoms with Crippen molar-refractivity contribution in [3.63, 3.8) is 0 Å². The maximum Gasteiger partial charge on any atom is 0.246 e. The van der Waals surface area contributed by atoms with Crippen LogP contribution in [0.4, 0.5) is 11.4 Å². The Hall–Kier alpha value is -3.09. The number of nitrogens with one attached hydrogen (secondary N) is 2. The molecule has 2 aliphatic rings. The fourth-order valence-corrected chi connectivity index (χ4v) is 2.82. The summed E-state index contributed by atoms with van der Waals surface area (Å²) in [6.45, 7) is 3.91. The summed E-state index contributed by atoms with van der Waals surface area (Å²) < 4.78 is 22.1. The Kier molecular flexibility index (Phi) is 4.43. The molecule has 0 aliphatic carbocycles. The van der Waals surface area contributed by atoms with Gasteiger partial charge in [-0.3, -0.25) is 4.79 Å². The van der Waals surface area contributed by atoms with E-state index < -0.39 is 6.04 Å². The number of hydrogen-bond acceptors (Lipinski definition) is 6. The molecule has 0 spiro atoms. The average molecular weight is 356 g/mol. The van der Waals surface area contributed by atoms with Gasteiger partial charge in [-0.25, -0.2) is 0 Å². The molecule has 2 heterocycles. The van der Waals surface area contributed by atoms with E-state index in [2.05, 4.69) is 10.6 Å². The monoisotopic (exact) mass is 356 g/mol. The Morgan fingerprint density at radius 1 is 0.808 bits per heavy atom. The third kappa shape index (κ3) is 3.46. The Balaban J connectivity index is 1.40. The number of rotatable bonds is 4. The molecule has 1 amide bonds. The van der Waals surface area contributed by atoms with Crippen LogP contribution in [-0.2, 0) is 4.79 Å². The SMILES string of the molecule is C[C@H](Nc1ccc2c(c1)OCCO2)C(=O)Nc1ccc2c(c1)OCCO2. The van der Waals surface area contributed by atoms with Crippen molar-refractivity contribution in [3.05, 3.63) is 36.4 Å². The Morgan fingerprint density at radius 3 is 1.92 bits per heavy atom. The number of benzene rings is 2. The molecule has 7 nitrogen and oxygen atoms in total. The number of ether oxygens (including phenoxy) is 4. The van der Waals surface area contributed by atoms with Crippen LogP contribution in [0.3, 0.4) is 0 Å². The molecule has 0 fully saturated rings. The summed E-state index contributed by atoms with van der Waals surface area (Å²) in [6.07, 6.45) is 0. The number of amides is 1. The molecule has 0 bridgehead atoms. The van der Waals surface area contributed by atoms with E-state index in [9.17, 15) is 4.79 Å². The minimum Gasteiger partial charge on any atom is -0.486 e. The van der Waals surface area contributed by atoms with Crippen LogP contribution in [0.2, 0.25) is 0 Å². The first-order chi connectivity index (χ1) is 12.7. The second-order valence-corrected chi connectivity index (χ2v) is 6.07. The van der Waals surface area contributed by atoms with Crippen molar-refractivity contribution in [2.75, 3.05) is 37.1 Å². The highest BCUT2D eigenvalue weighted by Crippen LogP contribution is 2.34. The second kappa shape index (κ2) is 7.03. The second-order valence-electron chi connectivity index (χ2n) is 6.07. The van der Waals surface area contributed by atoms with Gasteiger partial charge in [0.25, 0.3) is 0 Å². The van der Waals surface area contributed by atoms with Gasteiger partial charge in [0, 0.05) is 23.5 Å². The molecule has 136 valence electrons. The van der Waals surface area contributed by atoms with Crippen LogP contribution in [0.15, 0.2) is 36.4 Å². The zero-order chi connectivity index (χ0) is 17.9. The van der Waals surface area contributed by atoms with E-state index in [1.807, 2.05) is 18.2 Å². The highest BCUT2D eigenvalue weighted by Gasteiger charge is 2.17. The fraction of sp³-hybridized carbons (Fsp3) is 0.316. The van der Waals surface area contributed by atoms with Gasteiger partial charge in [-0.05, 0) is 31.2 Å². The number of hydrogen-bond donors (Lipinski definition) is 2. The number of carbonyl (C=O) groups is 1. The lowest BCUT2D eigenvalue weighted by Gasteiger charge is -2.21. The molecule has 2 aromatic rings. The first kappa shape index (κ1) is 16.4. The highest BCUT2D eigenvalue weighted by molar-refractivity contribution is 5.96. The van der Waals surface area contributed by atoms with Crippen LogP contribution in [0.25, 0.3) is 0 Å². The standard InChI is InChI=1S/C19H20N2O5/c1-12(20-13-2-4-15-17(10-13)25-8-6-23-15)19(22)21-14-3-5-16-18(11-14)26-9-7-24-16/h2-5,10-12,20H,6-9H2,1H3,(H,21,22)/t12-/m0/s1. The van der Waals surface area contributed by atoms with Gasteiger partial charge >= 0.3 is 0 Å². The van der Waals surface area contributed by atoms with Crippen molar-refractivity contribution in [1.29, 1.82) is 0 Å². The van der Waals surface area contributed by atoms with E-state index in [1.165, 1.54) is 0 Å². The van der Waals surface area contributed by atoms with E-state index in [1.54, 1.807) is 25.1 Å². The lowest BCUT2D eigenvalue weighted by Crippen LogP contribution is -2.32. The normalized spacial score (nSPS) is 15.7. The fourth-order valence-electron chi connectivity index (χ4n) is 2.82. The summed E-state index contributed by atoms with van der Waals surface area (Å²) >= 11 is 0. The number of carbonyl (C=O) groups excluding carboxylic acids is 1. The van der Waals surface area contributed by atoms with E-state index in [4.69, 9.17) is 18.9 Å². The van der Waals surface area contributed by atoms with Crippen LogP contribution < -0.4 is 29.6 Å². The van der Waals surface area contributed by atoms with Gasteiger partial charge in [-0.2, -0.15) is 0 Å². The molecule has 2 aliphatic heterocycles. The minimum absolute atomic E-state index is 0.156. The van der Waals surface area contributed by atoms with Crippen molar-refractivity contribution < 1.29 is 23.7 Å². The van der Waals surface area contributed by atoms with E-state index in [-0.39, 0.29) is 5.91 Å². The molecule has 1 atom stereocenters. The molecule has 0 saturated carbocycles. The first-order valence-corrected chi connectivity index (χ1v) is 8.56. The van der Waals surface area contributed by atoms with Gasteiger partial charge in [0.2, 0.25) is 5.91 Å². The number of fused-ring (bicyclic) bond motifs is 2. The quantitative estimate of drug-likeness (QED) is 0.877. The molecule has 0 saturated heterocycles. The van der Waals surface area contributed by atoms with Crippen LogP contribution in [0, 0.1) is 0 Å². The molecule has 0 aromatic heterocycles. The first-order valence-electron chi connectivity index (χ1n) is 8.56. The van der Waals surface area contributed by atoms with E-state index in [0.29, 0.717) is 49.4 Å². The molecule has 2 N–H and O–H groups in total.